The number of carbonyl (C=O) groups excluding carboxylic acids is 1. The summed E-state index contributed by atoms with van der Waals surface area (Å²) in [6.07, 6.45) is 0.553. The van der Waals surface area contributed by atoms with Gasteiger partial charge in [0.25, 0.3) is 0 Å². The Hall–Kier alpha value is -1.92. The van der Waals surface area contributed by atoms with E-state index in [1.165, 1.54) is 0 Å². The van der Waals surface area contributed by atoms with Gasteiger partial charge in [-0.1, -0.05) is 18.2 Å². The fourth-order valence-electron chi connectivity index (χ4n) is 1.72. The molecule has 6 nitrogen and oxygen atoms in total. The van der Waals surface area contributed by atoms with Gasteiger partial charge in [-0.15, -0.1) is 0 Å². The minimum absolute atomic E-state index is 0.117. The number of anilines is 1. The van der Waals surface area contributed by atoms with E-state index in [1.807, 2.05) is 25.1 Å². The predicted molar refractivity (Wildman–Crippen MR) is 77.5 cm³/mol. The average molecular weight is 279 g/mol. The number of nitrogens with two attached hydrogens (primary N) is 1. The van der Waals surface area contributed by atoms with Crippen molar-refractivity contribution in [2.75, 3.05) is 18.4 Å². The normalized spacial score (nSPS) is 11.9. The van der Waals surface area contributed by atoms with Crippen molar-refractivity contribution >= 4 is 17.6 Å². The van der Waals surface area contributed by atoms with Crippen LogP contribution in [0.4, 0.5) is 5.69 Å². The van der Waals surface area contributed by atoms with Crippen LogP contribution < -0.4 is 16.4 Å². The number of carbonyl (C=O) groups is 2. The van der Waals surface area contributed by atoms with E-state index in [0.29, 0.717) is 25.2 Å². The molecule has 110 valence electrons. The molecule has 0 unspecified atom stereocenters. The van der Waals surface area contributed by atoms with Gasteiger partial charge in [0.05, 0.1) is 6.42 Å². The molecule has 0 aliphatic carbocycles. The van der Waals surface area contributed by atoms with Crippen LogP contribution >= 0.6 is 0 Å². The second-order valence-electron chi connectivity index (χ2n) is 4.55. The van der Waals surface area contributed by atoms with Crippen molar-refractivity contribution in [3.63, 3.8) is 0 Å². The number of benzene rings is 1. The summed E-state index contributed by atoms with van der Waals surface area (Å²) in [5, 5.41) is 14.6. The van der Waals surface area contributed by atoms with Crippen LogP contribution in [-0.4, -0.2) is 36.1 Å². The van der Waals surface area contributed by atoms with E-state index >= 15 is 0 Å². The Morgan fingerprint density at radius 3 is 2.65 bits per heavy atom. The SMILES string of the molecule is Cc1ccccc1NC(=O)C[C@H](NCCCN)C(=O)O. The molecule has 6 heteroatoms. The van der Waals surface area contributed by atoms with Crippen molar-refractivity contribution in [2.24, 2.45) is 5.73 Å². The second kappa shape index (κ2) is 8.29. The molecule has 0 aromatic heterocycles. The topological polar surface area (TPSA) is 104 Å². The lowest BCUT2D eigenvalue weighted by atomic mass is 10.1. The minimum Gasteiger partial charge on any atom is -0.480 e. The van der Waals surface area contributed by atoms with E-state index in [9.17, 15) is 9.59 Å². The smallest absolute Gasteiger partial charge is 0.321 e. The molecule has 0 spiro atoms. The van der Waals surface area contributed by atoms with Gasteiger partial charge < -0.3 is 21.5 Å². The second-order valence-corrected chi connectivity index (χ2v) is 4.55. The van der Waals surface area contributed by atoms with Crippen LogP contribution in [0.3, 0.4) is 0 Å². The third-order valence-electron chi connectivity index (χ3n) is 2.88. The Morgan fingerprint density at radius 1 is 1.35 bits per heavy atom. The Morgan fingerprint density at radius 2 is 2.05 bits per heavy atom. The number of carboxylic acids is 1. The van der Waals surface area contributed by atoms with Gasteiger partial charge >= 0.3 is 5.97 Å². The molecule has 1 atom stereocenters. The molecule has 0 saturated heterocycles. The molecule has 1 aromatic rings. The Labute approximate surface area is 118 Å². The van der Waals surface area contributed by atoms with Crippen molar-refractivity contribution < 1.29 is 14.7 Å². The van der Waals surface area contributed by atoms with E-state index in [1.54, 1.807) is 6.07 Å². The molecule has 0 saturated carbocycles. The monoisotopic (exact) mass is 279 g/mol. The highest BCUT2D eigenvalue weighted by Gasteiger charge is 2.20. The Balaban J connectivity index is 2.54. The van der Waals surface area contributed by atoms with Crippen molar-refractivity contribution in [1.82, 2.24) is 5.32 Å². The number of nitrogens with one attached hydrogen (secondary N) is 2. The molecular formula is C14H21N3O3. The summed E-state index contributed by atoms with van der Waals surface area (Å²) < 4.78 is 0. The molecular weight excluding hydrogens is 258 g/mol. The lowest BCUT2D eigenvalue weighted by molar-refractivity contribution is -0.141. The standard InChI is InChI=1S/C14H21N3O3/c1-10-5-2-3-6-11(10)17-13(18)9-12(14(19)20)16-8-4-7-15/h2-3,5-6,12,16H,4,7-9,15H2,1H3,(H,17,18)(H,19,20)/t12-/m0/s1. The van der Waals surface area contributed by atoms with E-state index in [4.69, 9.17) is 10.8 Å². The fourth-order valence-corrected chi connectivity index (χ4v) is 1.72. The van der Waals surface area contributed by atoms with Crippen molar-refractivity contribution in [1.29, 1.82) is 0 Å². The van der Waals surface area contributed by atoms with Gasteiger partial charge in [0.1, 0.15) is 6.04 Å². The van der Waals surface area contributed by atoms with Crippen LogP contribution in [-0.2, 0) is 9.59 Å². The molecule has 0 aliphatic heterocycles. The number of rotatable bonds is 8. The third kappa shape index (κ3) is 5.38. The lowest BCUT2D eigenvalue weighted by Gasteiger charge is -2.14. The summed E-state index contributed by atoms with van der Waals surface area (Å²) in [5.74, 6) is -1.37. The molecule has 0 bridgehead atoms. The van der Waals surface area contributed by atoms with Gasteiger partial charge in [-0.25, -0.2) is 0 Å². The van der Waals surface area contributed by atoms with Gasteiger partial charge in [-0.2, -0.15) is 0 Å². The number of hydrogen-bond acceptors (Lipinski definition) is 4. The van der Waals surface area contributed by atoms with Gasteiger partial charge in [-0.05, 0) is 38.1 Å². The van der Waals surface area contributed by atoms with Crippen LogP contribution in [0.15, 0.2) is 24.3 Å². The van der Waals surface area contributed by atoms with E-state index in [-0.39, 0.29) is 12.3 Å². The van der Waals surface area contributed by atoms with Gasteiger partial charge in [0.15, 0.2) is 0 Å². The maximum absolute atomic E-state index is 11.9. The summed E-state index contributed by atoms with van der Waals surface area (Å²) in [7, 11) is 0. The zero-order chi connectivity index (χ0) is 15.0. The minimum atomic E-state index is -1.04. The number of aliphatic carboxylic acids is 1. The molecule has 1 rings (SSSR count). The summed E-state index contributed by atoms with van der Waals surface area (Å²) in [5.41, 5.74) is 6.98. The van der Waals surface area contributed by atoms with Crippen LogP contribution in [0.25, 0.3) is 0 Å². The van der Waals surface area contributed by atoms with Crippen LogP contribution in [0, 0.1) is 6.92 Å². The zero-order valence-corrected chi connectivity index (χ0v) is 11.6. The first-order valence-electron chi connectivity index (χ1n) is 6.56. The first-order valence-corrected chi connectivity index (χ1v) is 6.56. The van der Waals surface area contributed by atoms with Crippen LogP contribution in [0.5, 0.6) is 0 Å². The third-order valence-corrected chi connectivity index (χ3v) is 2.88. The maximum atomic E-state index is 11.9. The van der Waals surface area contributed by atoms with E-state index in [0.717, 1.165) is 5.56 Å². The quantitative estimate of drug-likeness (QED) is 0.525. The molecule has 20 heavy (non-hydrogen) atoms. The Kier molecular flexibility index (Phi) is 6.69. The first kappa shape index (κ1) is 16.1. The number of para-hydroxylation sites is 1. The molecule has 1 amide bonds. The molecule has 0 radical (unpaired) electrons. The lowest BCUT2D eigenvalue weighted by Crippen LogP contribution is -2.40. The highest BCUT2D eigenvalue weighted by atomic mass is 16.4. The molecule has 0 heterocycles. The number of aryl methyl sites for hydroxylation is 1. The highest BCUT2D eigenvalue weighted by molar-refractivity contribution is 5.94. The van der Waals surface area contributed by atoms with Crippen molar-refractivity contribution in [2.45, 2.75) is 25.8 Å². The zero-order valence-electron chi connectivity index (χ0n) is 11.6. The summed E-state index contributed by atoms with van der Waals surface area (Å²) in [6.45, 7) is 2.84. The molecule has 0 fully saturated rings. The summed E-state index contributed by atoms with van der Waals surface area (Å²) >= 11 is 0. The summed E-state index contributed by atoms with van der Waals surface area (Å²) in [6, 6.07) is 6.45. The number of hydrogen-bond donors (Lipinski definition) is 4. The van der Waals surface area contributed by atoms with E-state index in [2.05, 4.69) is 10.6 Å². The average Bonchev–Trinajstić information content (AvgIpc) is 2.40. The highest BCUT2D eigenvalue weighted by Crippen LogP contribution is 2.13. The fraction of sp³-hybridized carbons (Fsp3) is 0.429. The largest absolute Gasteiger partial charge is 0.480 e. The molecule has 5 N–H and O–H groups in total. The van der Waals surface area contributed by atoms with Crippen molar-refractivity contribution in [3.8, 4) is 0 Å². The van der Waals surface area contributed by atoms with Gasteiger partial charge in [-0.3, -0.25) is 9.59 Å². The van der Waals surface area contributed by atoms with E-state index < -0.39 is 12.0 Å². The molecule has 0 aliphatic rings. The van der Waals surface area contributed by atoms with Gasteiger partial charge in [0.2, 0.25) is 5.91 Å². The maximum Gasteiger partial charge on any atom is 0.321 e. The predicted octanol–water partition coefficient (Wildman–Crippen LogP) is 0.715. The number of amides is 1. The van der Waals surface area contributed by atoms with Crippen LogP contribution in [0.1, 0.15) is 18.4 Å². The summed E-state index contributed by atoms with van der Waals surface area (Å²) in [4.78, 5) is 22.9. The molecule has 1 aromatic carbocycles. The number of carboxylic acid groups (broad SMARTS) is 1. The Bertz CT molecular complexity index is 463. The van der Waals surface area contributed by atoms with Crippen molar-refractivity contribution in [3.05, 3.63) is 29.8 Å². The first-order chi connectivity index (χ1) is 9.54. The van der Waals surface area contributed by atoms with Gasteiger partial charge in [0, 0.05) is 5.69 Å². The van der Waals surface area contributed by atoms with Crippen LogP contribution in [0.2, 0.25) is 0 Å².